The summed E-state index contributed by atoms with van der Waals surface area (Å²) in [6.45, 7) is 1.85. The van der Waals surface area contributed by atoms with Crippen LogP contribution in [0, 0.1) is 0 Å². The standard InChI is InChI=1S/C9H9NO3/c1-13-9-5-8(12)7(11)4-6(9)10-2-3-10/h4-5H,2-3H2,1H3. The van der Waals surface area contributed by atoms with E-state index < -0.39 is 11.6 Å². The maximum atomic E-state index is 11.0. The fourth-order valence-electron chi connectivity index (χ4n) is 1.23. The summed E-state index contributed by atoms with van der Waals surface area (Å²) < 4.78 is 5.00. The molecule has 13 heavy (non-hydrogen) atoms. The van der Waals surface area contributed by atoms with Gasteiger partial charge in [0.2, 0.25) is 11.6 Å². The summed E-state index contributed by atoms with van der Waals surface area (Å²) in [4.78, 5) is 24.0. The summed E-state index contributed by atoms with van der Waals surface area (Å²) in [7, 11) is 1.49. The van der Waals surface area contributed by atoms with Gasteiger partial charge in [-0.25, -0.2) is 0 Å². The maximum absolute atomic E-state index is 11.0. The van der Waals surface area contributed by atoms with E-state index in [2.05, 4.69) is 0 Å². The molecule has 0 atom stereocenters. The third-order valence-electron chi connectivity index (χ3n) is 2.03. The van der Waals surface area contributed by atoms with Crippen LogP contribution < -0.4 is 0 Å². The molecule has 68 valence electrons. The molecule has 0 unspecified atom stereocenters. The number of carbonyl (C=O) groups excluding carboxylic acids is 2. The van der Waals surface area contributed by atoms with Crippen LogP contribution in [0.15, 0.2) is 23.6 Å². The molecule has 0 saturated carbocycles. The van der Waals surface area contributed by atoms with Crippen molar-refractivity contribution in [2.75, 3.05) is 20.2 Å². The molecule has 0 spiro atoms. The van der Waals surface area contributed by atoms with Gasteiger partial charge in [0.05, 0.1) is 12.8 Å². The van der Waals surface area contributed by atoms with Crippen molar-refractivity contribution in [3.05, 3.63) is 23.6 Å². The molecule has 0 radical (unpaired) electrons. The second kappa shape index (κ2) is 2.73. The first-order valence-corrected chi connectivity index (χ1v) is 4.03. The van der Waals surface area contributed by atoms with Crippen molar-refractivity contribution >= 4 is 11.6 Å². The SMILES string of the molecule is COC1=CC(=O)C(=O)C=C1N1CC1. The number of hydrogen-bond donors (Lipinski definition) is 0. The highest BCUT2D eigenvalue weighted by Gasteiger charge is 2.29. The first kappa shape index (κ1) is 8.04. The molecule has 1 fully saturated rings. The Kier molecular flexibility index (Phi) is 1.69. The Morgan fingerprint density at radius 3 is 2.38 bits per heavy atom. The van der Waals surface area contributed by atoms with Crippen LogP contribution in [-0.2, 0) is 14.3 Å². The van der Waals surface area contributed by atoms with Crippen LogP contribution >= 0.6 is 0 Å². The van der Waals surface area contributed by atoms with E-state index in [9.17, 15) is 9.59 Å². The van der Waals surface area contributed by atoms with Crippen LogP contribution in [0.5, 0.6) is 0 Å². The fourth-order valence-corrected chi connectivity index (χ4v) is 1.23. The summed E-state index contributed by atoms with van der Waals surface area (Å²) in [6, 6.07) is 0. The van der Waals surface area contributed by atoms with Gasteiger partial charge in [-0.1, -0.05) is 0 Å². The largest absolute Gasteiger partial charge is 0.494 e. The van der Waals surface area contributed by atoms with Crippen molar-refractivity contribution in [3.8, 4) is 0 Å². The Morgan fingerprint density at radius 1 is 1.23 bits per heavy atom. The number of ether oxygens (including phenoxy) is 1. The normalized spacial score (nSPS) is 21.2. The van der Waals surface area contributed by atoms with Crippen LogP contribution in [0.25, 0.3) is 0 Å². The van der Waals surface area contributed by atoms with Crippen LogP contribution in [-0.4, -0.2) is 36.7 Å². The summed E-state index contributed by atoms with van der Waals surface area (Å²) >= 11 is 0. The lowest BCUT2D eigenvalue weighted by Crippen LogP contribution is -2.18. The molecule has 4 nitrogen and oxygen atoms in total. The van der Waals surface area contributed by atoms with Gasteiger partial charge < -0.3 is 9.64 Å². The highest BCUT2D eigenvalue weighted by Crippen LogP contribution is 2.24. The molecule has 0 bridgehead atoms. The van der Waals surface area contributed by atoms with Gasteiger partial charge in [0, 0.05) is 25.2 Å². The van der Waals surface area contributed by atoms with E-state index >= 15 is 0 Å². The zero-order valence-corrected chi connectivity index (χ0v) is 7.24. The predicted molar refractivity (Wildman–Crippen MR) is 44.8 cm³/mol. The number of hydrogen-bond acceptors (Lipinski definition) is 4. The predicted octanol–water partition coefficient (Wildman–Crippen LogP) is -0.132. The molecule has 1 heterocycles. The first-order valence-electron chi connectivity index (χ1n) is 4.03. The third kappa shape index (κ3) is 1.35. The molecule has 2 aliphatic rings. The summed E-state index contributed by atoms with van der Waals surface area (Å²) in [6.07, 6.45) is 2.59. The van der Waals surface area contributed by atoms with E-state index in [1.165, 1.54) is 19.3 Å². The number of rotatable bonds is 2. The Hall–Kier alpha value is -1.58. The molecule has 1 aliphatic carbocycles. The van der Waals surface area contributed by atoms with E-state index in [4.69, 9.17) is 4.74 Å². The van der Waals surface area contributed by atoms with Gasteiger partial charge in [-0.3, -0.25) is 9.59 Å². The Balaban J connectivity index is 2.32. The smallest absolute Gasteiger partial charge is 0.229 e. The summed E-state index contributed by atoms with van der Waals surface area (Å²) in [5.41, 5.74) is 0.729. The van der Waals surface area contributed by atoms with Crippen molar-refractivity contribution in [1.29, 1.82) is 0 Å². The molecular weight excluding hydrogens is 170 g/mol. The molecule has 0 aromatic carbocycles. The van der Waals surface area contributed by atoms with Gasteiger partial charge in [-0.2, -0.15) is 0 Å². The molecular formula is C9H9NO3. The molecule has 0 amide bonds. The van der Waals surface area contributed by atoms with Gasteiger partial charge >= 0.3 is 0 Å². The number of ketones is 2. The van der Waals surface area contributed by atoms with Crippen molar-refractivity contribution in [1.82, 2.24) is 4.90 Å². The molecule has 0 aromatic heterocycles. The van der Waals surface area contributed by atoms with Crippen molar-refractivity contribution in [2.24, 2.45) is 0 Å². The fraction of sp³-hybridized carbons (Fsp3) is 0.333. The Labute approximate surface area is 75.5 Å². The van der Waals surface area contributed by atoms with Crippen LogP contribution in [0.3, 0.4) is 0 Å². The van der Waals surface area contributed by atoms with E-state index in [0.29, 0.717) is 5.76 Å². The van der Waals surface area contributed by atoms with Gasteiger partial charge in [0.25, 0.3) is 0 Å². The van der Waals surface area contributed by atoms with Crippen LogP contribution in [0.1, 0.15) is 0 Å². The average Bonchev–Trinajstić information content (AvgIpc) is 2.92. The maximum Gasteiger partial charge on any atom is 0.229 e. The van der Waals surface area contributed by atoms with Gasteiger partial charge in [-0.05, 0) is 0 Å². The molecule has 1 aliphatic heterocycles. The quantitative estimate of drug-likeness (QED) is 0.336. The lowest BCUT2D eigenvalue weighted by molar-refractivity contribution is -0.131. The van der Waals surface area contributed by atoms with Crippen molar-refractivity contribution < 1.29 is 14.3 Å². The monoisotopic (exact) mass is 179 g/mol. The van der Waals surface area contributed by atoms with E-state index in [-0.39, 0.29) is 0 Å². The third-order valence-corrected chi connectivity index (χ3v) is 2.03. The van der Waals surface area contributed by atoms with Crippen LogP contribution in [0.4, 0.5) is 0 Å². The van der Waals surface area contributed by atoms with E-state index in [1.807, 2.05) is 4.90 Å². The summed E-state index contributed by atoms with van der Waals surface area (Å²) in [5, 5.41) is 0. The lowest BCUT2D eigenvalue weighted by Gasteiger charge is -2.14. The highest BCUT2D eigenvalue weighted by atomic mass is 16.5. The van der Waals surface area contributed by atoms with Crippen molar-refractivity contribution in [3.63, 3.8) is 0 Å². The first-order chi connectivity index (χ1) is 6.22. The topological polar surface area (TPSA) is 46.4 Å². The van der Waals surface area contributed by atoms with E-state index in [1.54, 1.807) is 0 Å². The highest BCUT2D eigenvalue weighted by molar-refractivity contribution is 6.46. The molecule has 0 N–H and O–H groups in total. The molecule has 4 heteroatoms. The average molecular weight is 179 g/mol. The lowest BCUT2D eigenvalue weighted by atomic mass is 10.1. The van der Waals surface area contributed by atoms with Gasteiger partial charge in [0.15, 0.2) is 0 Å². The Morgan fingerprint density at radius 2 is 1.85 bits per heavy atom. The minimum absolute atomic E-state index is 0.470. The van der Waals surface area contributed by atoms with Crippen molar-refractivity contribution in [2.45, 2.75) is 0 Å². The minimum Gasteiger partial charge on any atom is -0.494 e. The Bertz CT molecular complexity index is 337. The number of allylic oxidation sites excluding steroid dienone is 2. The molecule has 2 rings (SSSR count). The second-order valence-electron chi connectivity index (χ2n) is 2.96. The zero-order chi connectivity index (χ0) is 9.42. The number of nitrogens with zero attached hydrogens (tertiary/aromatic N) is 1. The van der Waals surface area contributed by atoms with Gasteiger partial charge in [-0.15, -0.1) is 0 Å². The number of carbonyl (C=O) groups is 2. The van der Waals surface area contributed by atoms with E-state index in [0.717, 1.165) is 18.8 Å². The molecule has 0 aromatic rings. The zero-order valence-electron chi connectivity index (χ0n) is 7.24. The summed E-state index contributed by atoms with van der Waals surface area (Å²) in [5.74, 6) is -0.493. The minimum atomic E-state index is -0.512. The number of methoxy groups -OCH3 is 1. The molecule has 1 saturated heterocycles. The van der Waals surface area contributed by atoms with Crippen LogP contribution in [0.2, 0.25) is 0 Å². The van der Waals surface area contributed by atoms with Gasteiger partial charge in [0.1, 0.15) is 5.76 Å². The second-order valence-corrected chi connectivity index (χ2v) is 2.96.